The molecule has 0 radical (unpaired) electrons. The zero-order valence-corrected chi connectivity index (χ0v) is 16.2. The van der Waals surface area contributed by atoms with Gasteiger partial charge < -0.3 is 10.2 Å². The molecule has 0 aromatic heterocycles. The Bertz CT molecular complexity index is 872. The Hall–Kier alpha value is -2.70. The topological polar surface area (TPSA) is 69.7 Å². The van der Waals surface area contributed by atoms with Gasteiger partial charge in [0.1, 0.15) is 0 Å². The van der Waals surface area contributed by atoms with E-state index in [-0.39, 0.29) is 36.7 Å². The number of rotatable bonds is 3. The number of carbonyl (C=O) groups is 3. The molecule has 2 aromatic carbocycles. The number of amides is 3. The van der Waals surface area contributed by atoms with E-state index >= 15 is 0 Å². The first-order valence-corrected chi connectivity index (χ1v) is 9.19. The lowest BCUT2D eigenvalue weighted by molar-refractivity contribution is 0.0642. The van der Waals surface area contributed by atoms with Crippen LogP contribution in [0, 0.1) is 0 Å². The molecule has 28 heavy (non-hydrogen) atoms. The van der Waals surface area contributed by atoms with Gasteiger partial charge in [-0.25, -0.2) is 0 Å². The van der Waals surface area contributed by atoms with Crippen LogP contribution >= 0.6 is 12.4 Å². The molecule has 2 aliphatic rings. The molecule has 6 nitrogen and oxygen atoms in total. The second-order valence-electron chi connectivity index (χ2n) is 6.84. The molecule has 146 valence electrons. The summed E-state index contributed by atoms with van der Waals surface area (Å²) in [5.74, 6) is -0.584. The molecule has 1 N–H and O–H groups in total. The van der Waals surface area contributed by atoms with Crippen LogP contribution in [-0.4, -0.2) is 53.7 Å². The highest BCUT2D eigenvalue weighted by Gasteiger charge is 2.35. The molecule has 2 heterocycles. The van der Waals surface area contributed by atoms with Gasteiger partial charge in [-0.3, -0.25) is 19.3 Å². The third-order valence-electron chi connectivity index (χ3n) is 5.02. The Labute approximate surface area is 169 Å². The third-order valence-corrected chi connectivity index (χ3v) is 5.02. The lowest BCUT2D eigenvalue weighted by Gasteiger charge is -2.20. The monoisotopic (exact) mass is 399 g/mol. The number of nitrogens with zero attached hydrogens (tertiary/aromatic N) is 2. The van der Waals surface area contributed by atoms with Crippen molar-refractivity contribution in [3.05, 3.63) is 70.8 Å². The summed E-state index contributed by atoms with van der Waals surface area (Å²) in [6.45, 7) is 3.29. The van der Waals surface area contributed by atoms with Crippen LogP contribution in [0.2, 0.25) is 0 Å². The van der Waals surface area contributed by atoms with Crippen molar-refractivity contribution in [1.29, 1.82) is 0 Å². The number of hydrogen-bond acceptors (Lipinski definition) is 4. The average molecular weight is 400 g/mol. The van der Waals surface area contributed by atoms with Crippen molar-refractivity contribution in [2.24, 2.45) is 0 Å². The fraction of sp³-hybridized carbons (Fsp3) is 0.286. The van der Waals surface area contributed by atoms with Crippen LogP contribution in [-0.2, 0) is 6.54 Å². The SMILES string of the molecule is Cl.O=C(c1cccc(CN2C(=O)c3ccccc3C2=O)c1)N1CCCNCC1. The number of nitrogens with one attached hydrogen (secondary N) is 1. The second kappa shape index (κ2) is 8.54. The third kappa shape index (κ3) is 3.79. The minimum Gasteiger partial charge on any atom is -0.337 e. The Morgan fingerprint density at radius 2 is 1.64 bits per heavy atom. The van der Waals surface area contributed by atoms with Crippen molar-refractivity contribution in [2.75, 3.05) is 26.2 Å². The lowest BCUT2D eigenvalue weighted by Crippen LogP contribution is -2.34. The summed E-state index contributed by atoms with van der Waals surface area (Å²) in [7, 11) is 0. The second-order valence-corrected chi connectivity index (χ2v) is 6.84. The van der Waals surface area contributed by atoms with E-state index in [1.807, 2.05) is 11.0 Å². The minimum absolute atomic E-state index is 0. The Morgan fingerprint density at radius 3 is 2.36 bits per heavy atom. The van der Waals surface area contributed by atoms with Crippen molar-refractivity contribution in [3.63, 3.8) is 0 Å². The number of hydrogen-bond donors (Lipinski definition) is 1. The molecule has 2 aromatic rings. The van der Waals surface area contributed by atoms with Gasteiger partial charge in [0.15, 0.2) is 0 Å². The van der Waals surface area contributed by atoms with Gasteiger partial charge in [0.2, 0.25) is 0 Å². The predicted octanol–water partition coefficient (Wildman–Crippen LogP) is 2.34. The summed E-state index contributed by atoms with van der Waals surface area (Å²) in [4.78, 5) is 41.0. The molecule has 1 fully saturated rings. The van der Waals surface area contributed by atoms with Gasteiger partial charge in [0, 0.05) is 25.2 Å². The van der Waals surface area contributed by atoms with Crippen LogP contribution in [0.25, 0.3) is 0 Å². The number of benzene rings is 2. The van der Waals surface area contributed by atoms with Crippen LogP contribution in [0.5, 0.6) is 0 Å². The zero-order valence-electron chi connectivity index (χ0n) is 15.4. The molecular formula is C21H22ClN3O3. The summed E-state index contributed by atoms with van der Waals surface area (Å²) >= 11 is 0. The first-order valence-electron chi connectivity index (χ1n) is 9.19. The van der Waals surface area contributed by atoms with Crippen LogP contribution in [0.4, 0.5) is 0 Å². The molecule has 0 unspecified atom stereocenters. The smallest absolute Gasteiger partial charge is 0.261 e. The van der Waals surface area contributed by atoms with Gasteiger partial charge in [-0.2, -0.15) is 0 Å². The predicted molar refractivity (Wildman–Crippen MR) is 108 cm³/mol. The quantitative estimate of drug-likeness (QED) is 0.804. The molecule has 7 heteroatoms. The van der Waals surface area contributed by atoms with Gasteiger partial charge in [0.05, 0.1) is 17.7 Å². The van der Waals surface area contributed by atoms with Gasteiger partial charge >= 0.3 is 0 Å². The number of carbonyl (C=O) groups excluding carboxylic acids is 3. The standard InChI is InChI=1S/C21H21N3O3.ClH/c25-19(23-11-4-9-22-10-12-23)16-6-3-5-15(13-16)14-24-20(26)17-7-1-2-8-18(17)21(24)27;/h1-3,5-8,13,22H,4,9-12,14H2;1H. The average Bonchev–Trinajstić information content (AvgIpc) is 2.91. The van der Waals surface area contributed by atoms with Gasteiger partial charge in [-0.1, -0.05) is 24.3 Å². The van der Waals surface area contributed by atoms with E-state index in [4.69, 9.17) is 0 Å². The first kappa shape index (κ1) is 20.0. The first-order chi connectivity index (χ1) is 13.1. The van der Waals surface area contributed by atoms with E-state index in [2.05, 4.69) is 5.32 Å². The Balaban J connectivity index is 0.00000225. The minimum atomic E-state index is -0.286. The van der Waals surface area contributed by atoms with E-state index in [1.165, 1.54) is 4.90 Å². The number of halogens is 1. The van der Waals surface area contributed by atoms with Crippen LogP contribution in [0.15, 0.2) is 48.5 Å². The van der Waals surface area contributed by atoms with Crippen molar-refractivity contribution >= 4 is 30.1 Å². The van der Waals surface area contributed by atoms with Gasteiger partial charge in [-0.05, 0) is 42.8 Å². The summed E-state index contributed by atoms with van der Waals surface area (Å²) in [5, 5.41) is 3.29. The molecule has 0 spiro atoms. The molecule has 1 saturated heterocycles. The maximum absolute atomic E-state index is 12.8. The maximum Gasteiger partial charge on any atom is 0.261 e. The fourth-order valence-electron chi connectivity index (χ4n) is 3.60. The molecule has 0 bridgehead atoms. The van der Waals surface area contributed by atoms with E-state index in [0.29, 0.717) is 23.2 Å². The highest BCUT2D eigenvalue weighted by atomic mass is 35.5. The normalized spacial score (nSPS) is 16.4. The molecular weight excluding hydrogens is 378 g/mol. The van der Waals surface area contributed by atoms with Crippen molar-refractivity contribution in [1.82, 2.24) is 15.1 Å². The van der Waals surface area contributed by atoms with Crippen LogP contribution < -0.4 is 5.32 Å². The Morgan fingerprint density at radius 1 is 0.929 bits per heavy atom. The largest absolute Gasteiger partial charge is 0.337 e. The molecule has 0 aliphatic carbocycles. The molecule has 4 rings (SSSR count). The van der Waals surface area contributed by atoms with Crippen molar-refractivity contribution in [2.45, 2.75) is 13.0 Å². The molecule has 3 amide bonds. The van der Waals surface area contributed by atoms with Gasteiger partial charge in [0.25, 0.3) is 17.7 Å². The van der Waals surface area contributed by atoms with Crippen molar-refractivity contribution in [3.8, 4) is 0 Å². The van der Waals surface area contributed by atoms with Crippen LogP contribution in [0.1, 0.15) is 43.1 Å². The fourth-order valence-corrected chi connectivity index (χ4v) is 3.60. The van der Waals surface area contributed by atoms with E-state index in [1.54, 1.807) is 42.5 Å². The lowest BCUT2D eigenvalue weighted by atomic mass is 10.1. The van der Waals surface area contributed by atoms with Gasteiger partial charge in [-0.15, -0.1) is 12.4 Å². The summed E-state index contributed by atoms with van der Waals surface area (Å²) in [6, 6.07) is 14.1. The summed E-state index contributed by atoms with van der Waals surface area (Å²) < 4.78 is 0. The maximum atomic E-state index is 12.8. The number of imide groups is 1. The zero-order chi connectivity index (χ0) is 18.8. The summed E-state index contributed by atoms with van der Waals surface area (Å²) in [6.07, 6.45) is 0.931. The van der Waals surface area contributed by atoms with E-state index in [9.17, 15) is 14.4 Å². The molecule has 0 saturated carbocycles. The van der Waals surface area contributed by atoms with Crippen molar-refractivity contribution < 1.29 is 14.4 Å². The van der Waals surface area contributed by atoms with E-state index in [0.717, 1.165) is 31.6 Å². The van der Waals surface area contributed by atoms with E-state index < -0.39 is 0 Å². The highest BCUT2D eigenvalue weighted by molar-refractivity contribution is 6.21. The summed E-state index contributed by atoms with van der Waals surface area (Å²) in [5.41, 5.74) is 2.23. The van der Waals surface area contributed by atoms with Crippen LogP contribution in [0.3, 0.4) is 0 Å². The number of fused-ring (bicyclic) bond motifs is 1. The molecule has 2 aliphatic heterocycles. The molecule has 0 atom stereocenters. The highest BCUT2D eigenvalue weighted by Crippen LogP contribution is 2.24. The Kier molecular flexibility index (Phi) is 6.11.